The summed E-state index contributed by atoms with van der Waals surface area (Å²) in [6, 6.07) is 11.9. The van der Waals surface area contributed by atoms with Gasteiger partial charge in [-0.05, 0) is 35.9 Å². The highest BCUT2D eigenvalue weighted by molar-refractivity contribution is 9.10. The van der Waals surface area contributed by atoms with Gasteiger partial charge in [0, 0.05) is 28.0 Å². The number of nitrogens with one attached hydrogen (secondary N) is 1. The molecule has 7 nitrogen and oxygen atoms in total. The van der Waals surface area contributed by atoms with Crippen LogP contribution in [-0.2, 0) is 16.1 Å². The summed E-state index contributed by atoms with van der Waals surface area (Å²) < 4.78 is 25.6. The molecule has 0 unspecified atom stereocenters. The summed E-state index contributed by atoms with van der Waals surface area (Å²) in [6.45, 7) is 1.13. The zero-order chi connectivity index (χ0) is 21.8. The number of halogens is 2. The Morgan fingerprint density at radius 3 is 2.68 bits per heavy atom. The number of benzene rings is 1. The van der Waals surface area contributed by atoms with Gasteiger partial charge in [0.25, 0.3) is 5.91 Å². The molecular weight excluding hydrogens is 467 g/mol. The number of hydrogen-bond acceptors (Lipinski definition) is 6. The molecule has 3 N–H and O–H groups in total. The van der Waals surface area contributed by atoms with E-state index in [1.165, 1.54) is 18.5 Å². The van der Waals surface area contributed by atoms with Crippen LogP contribution in [0.15, 0.2) is 59.3 Å². The van der Waals surface area contributed by atoms with Crippen LogP contribution in [0.4, 0.5) is 10.2 Å². The van der Waals surface area contributed by atoms with Crippen LogP contribution in [0.2, 0.25) is 0 Å². The molecule has 9 heteroatoms. The molecule has 160 valence electrons. The van der Waals surface area contributed by atoms with Crippen molar-refractivity contribution >= 4 is 27.7 Å². The molecule has 4 rings (SSSR count). The minimum Gasteiger partial charge on any atom is -0.383 e. The molecule has 0 aliphatic carbocycles. The van der Waals surface area contributed by atoms with Crippen molar-refractivity contribution in [3.63, 3.8) is 0 Å². The molecule has 3 heterocycles. The highest BCUT2D eigenvalue weighted by atomic mass is 79.9. The van der Waals surface area contributed by atoms with Crippen LogP contribution >= 0.6 is 15.9 Å². The number of nitrogens with zero attached hydrogens (tertiary/aromatic N) is 2. The molecule has 0 bridgehead atoms. The van der Waals surface area contributed by atoms with Crippen LogP contribution in [0.5, 0.6) is 0 Å². The molecule has 3 aromatic rings. The standard InChI is InChI=1S/C22H20BrFN4O3/c23-16-4-1-13(2-5-16)10-31-19-12-30-11-18(19)28-22(29)17-7-15(9-27-21(17)25)14-3-6-20(24)26-8-14/h1-9,18-19H,10-12H2,(H2,25,27)(H,28,29)/t18-,19-/m0/s1. The van der Waals surface area contributed by atoms with E-state index in [4.69, 9.17) is 15.2 Å². The zero-order valence-electron chi connectivity index (χ0n) is 16.4. The Hall–Kier alpha value is -2.88. The molecule has 2 atom stereocenters. The number of rotatable bonds is 6. The molecule has 1 amide bonds. The molecule has 1 aliphatic heterocycles. The summed E-state index contributed by atoms with van der Waals surface area (Å²) in [5.74, 6) is -0.863. The lowest BCUT2D eigenvalue weighted by atomic mass is 10.1. The maximum Gasteiger partial charge on any atom is 0.255 e. The minimum absolute atomic E-state index is 0.0996. The van der Waals surface area contributed by atoms with Gasteiger partial charge >= 0.3 is 0 Å². The topological polar surface area (TPSA) is 99.4 Å². The van der Waals surface area contributed by atoms with Crippen molar-refractivity contribution in [2.24, 2.45) is 0 Å². The van der Waals surface area contributed by atoms with Crippen molar-refractivity contribution in [1.82, 2.24) is 15.3 Å². The predicted octanol–water partition coefficient (Wildman–Crippen LogP) is 3.34. The molecule has 0 radical (unpaired) electrons. The van der Waals surface area contributed by atoms with E-state index in [2.05, 4.69) is 31.2 Å². The average molecular weight is 487 g/mol. The lowest BCUT2D eigenvalue weighted by molar-refractivity contribution is 0.0218. The molecular formula is C22H20BrFN4O3. The second-order valence-electron chi connectivity index (χ2n) is 7.12. The number of aromatic nitrogens is 2. The third-order valence-electron chi connectivity index (χ3n) is 4.95. The maximum atomic E-state index is 13.1. The molecule has 2 aromatic heterocycles. The molecule has 1 saturated heterocycles. The van der Waals surface area contributed by atoms with Gasteiger partial charge in [0.05, 0.1) is 31.4 Å². The summed E-state index contributed by atoms with van der Waals surface area (Å²) in [5.41, 5.74) is 8.42. The smallest absolute Gasteiger partial charge is 0.255 e. The summed E-state index contributed by atoms with van der Waals surface area (Å²) in [4.78, 5) is 20.6. The fourth-order valence-corrected chi connectivity index (χ4v) is 3.49. The lowest BCUT2D eigenvalue weighted by Gasteiger charge is -2.20. The second-order valence-corrected chi connectivity index (χ2v) is 8.04. The van der Waals surface area contributed by atoms with Crippen molar-refractivity contribution < 1.29 is 18.7 Å². The van der Waals surface area contributed by atoms with E-state index in [1.807, 2.05) is 24.3 Å². The summed E-state index contributed by atoms with van der Waals surface area (Å²) in [6.07, 6.45) is 2.61. The largest absolute Gasteiger partial charge is 0.383 e. The van der Waals surface area contributed by atoms with E-state index in [-0.39, 0.29) is 29.4 Å². The highest BCUT2D eigenvalue weighted by Gasteiger charge is 2.31. The van der Waals surface area contributed by atoms with Gasteiger partial charge in [0.1, 0.15) is 11.9 Å². The molecule has 0 saturated carbocycles. The van der Waals surface area contributed by atoms with Gasteiger partial charge in [-0.2, -0.15) is 4.39 Å². The van der Waals surface area contributed by atoms with Crippen LogP contribution in [0.25, 0.3) is 11.1 Å². The van der Waals surface area contributed by atoms with Gasteiger partial charge in [0.2, 0.25) is 5.95 Å². The summed E-state index contributed by atoms with van der Waals surface area (Å²) >= 11 is 3.41. The van der Waals surface area contributed by atoms with Crippen molar-refractivity contribution in [3.8, 4) is 11.1 Å². The Morgan fingerprint density at radius 1 is 1.16 bits per heavy atom. The summed E-state index contributed by atoms with van der Waals surface area (Å²) in [5, 5.41) is 2.93. The second kappa shape index (κ2) is 9.51. The monoisotopic (exact) mass is 486 g/mol. The number of hydrogen-bond donors (Lipinski definition) is 2. The predicted molar refractivity (Wildman–Crippen MR) is 117 cm³/mol. The number of carbonyl (C=O) groups is 1. The van der Waals surface area contributed by atoms with Gasteiger partial charge in [-0.15, -0.1) is 0 Å². The quantitative estimate of drug-likeness (QED) is 0.518. The van der Waals surface area contributed by atoms with E-state index >= 15 is 0 Å². The maximum absolute atomic E-state index is 13.1. The Morgan fingerprint density at radius 2 is 1.94 bits per heavy atom. The first-order valence-corrected chi connectivity index (χ1v) is 10.4. The molecule has 1 fully saturated rings. The van der Waals surface area contributed by atoms with Crippen molar-refractivity contribution in [2.75, 3.05) is 18.9 Å². The third kappa shape index (κ3) is 5.25. The first-order chi connectivity index (χ1) is 15.0. The van der Waals surface area contributed by atoms with E-state index in [0.29, 0.717) is 30.9 Å². The Labute approximate surface area is 186 Å². The number of nitrogens with two attached hydrogens (primary N) is 1. The minimum atomic E-state index is -0.583. The Kier molecular flexibility index (Phi) is 6.55. The van der Waals surface area contributed by atoms with Gasteiger partial charge in [-0.1, -0.05) is 28.1 Å². The van der Waals surface area contributed by atoms with Crippen LogP contribution in [0.1, 0.15) is 15.9 Å². The van der Waals surface area contributed by atoms with Gasteiger partial charge in [-0.25, -0.2) is 9.97 Å². The van der Waals surface area contributed by atoms with Gasteiger partial charge < -0.3 is 20.5 Å². The Bertz CT molecular complexity index is 1060. The first-order valence-electron chi connectivity index (χ1n) is 9.61. The van der Waals surface area contributed by atoms with Crippen LogP contribution in [-0.4, -0.2) is 41.2 Å². The number of pyridine rings is 2. The normalized spacial score (nSPS) is 18.1. The van der Waals surface area contributed by atoms with Crippen molar-refractivity contribution in [2.45, 2.75) is 18.8 Å². The number of nitrogen functional groups attached to an aromatic ring is 1. The van der Waals surface area contributed by atoms with Gasteiger partial charge in [0.15, 0.2) is 0 Å². The van der Waals surface area contributed by atoms with E-state index < -0.39 is 5.95 Å². The van der Waals surface area contributed by atoms with E-state index in [0.717, 1.165) is 10.0 Å². The fraction of sp³-hybridized carbons (Fsp3) is 0.227. The van der Waals surface area contributed by atoms with E-state index in [9.17, 15) is 9.18 Å². The molecule has 0 spiro atoms. The Balaban J connectivity index is 1.43. The van der Waals surface area contributed by atoms with Crippen LogP contribution in [0.3, 0.4) is 0 Å². The fourth-order valence-electron chi connectivity index (χ4n) is 3.23. The molecule has 1 aliphatic rings. The third-order valence-corrected chi connectivity index (χ3v) is 5.47. The van der Waals surface area contributed by atoms with Crippen LogP contribution in [0, 0.1) is 5.95 Å². The van der Waals surface area contributed by atoms with Gasteiger partial charge in [-0.3, -0.25) is 4.79 Å². The number of anilines is 1. The number of amides is 1. The zero-order valence-corrected chi connectivity index (χ0v) is 18.0. The van der Waals surface area contributed by atoms with Crippen LogP contribution < -0.4 is 11.1 Å². The average Bonchev–Trinajstić information content (AvgIpc) is 3.21. The highest BCUT2D eigenvalue weighted by Crippen LogP contribution is 2.22. The number of ether oxygens (including phenoxy) is 2. The van der Waals surface area contributed by atoms with Crippen molar-refractivity contribution in [1.29, 1.82) is 0 Å². The SMILES string of the molecule is Nc1ncc(-c2ccc(F)nc2)cc1C(=O)N[C@H]1COC[C@@H]1OCc1ccc(Br)cc1. The first kappa shape index (κ1) is 21.4. The number of carbonyl (C=O) groups excluding carboxylic acids is 1. The summed E-state index contributed by atoms with van der Waals surface area (Å²) in [7, 11) is 0. The molecule has 31 heavy (non-hydrogen) atoms. The molecule has 1 aromatic carbocycles. The van der Waals surface area contributed by atoms with E-state index in [1.54, 1.807) is 12.1 Å². The lowest BCUT2D eigenvalue weighted by Crippen LogP contribution is -2.44. The van der Waals surface area contributed by atoms with Crippen molar-refractivity contribution in [3.05, 3.63) is 76.4 Å².